The van der Waals surface area contributed by atoms with Crippen LogP contribution in [0.25, 0.3) is 0 Å². The Morgan fingerprint density at radius 3 is 2.62 bits per heavy atom. The summed E-state index contributed by atoms with van der Waals surface area (Å²) in [4.78, 5) is 11.6. The summed E-state index contributed by atoms with van der Waals surface area (Å²) in [6.07, 6.45) is 2.00. The van der Waals surface area contributed by atoms with Crippen LogP contribution in [0.3, 0.4) is 0 Å². The number of carbonyl (C=O) groups is 1. The standard InChI is InChI=1S/C17H16FNO2/c18-14-6-8-15(9-7-14)21-16-3-1-2-12(10-16)11-19-17(20)13-4-5-13/h1-3,6-10,13H,4-5,11H2,(H,19,20). The fourth-order valence-electron chi connectivity index (χ4n) is 2.04. The molecule has 1 aliphatic carbocycles. The Morgan fingerprint density at radius 2 is 1.90 bits per heavy atom. The summed E-state index contributed by atoms with van der Waals surface area (Å²) in [6.45, 7) is 0.496. The molecule has 3 nitrogen and oxygen atoms in total. The van der Waals surface area contributed by atoms with Gasteiger partial charge in [-0.05, 0) is 54.8 Å². The van der Waals surface area contributed by atoms with E-state index in [1.807, 2.05) is 24.3 Å². The van der Waals surface area contributed by atoms with Crippen molar-refractivity contribution in [3.05, 3.63) is 59.9 Å². The maximum atomic E-state index is 12.8. The topological polar surface area (TPSA) is 38.3 Å². The summed E-state index contributed by atoms with van der Waals surface area (Å²) >= 11 is 0. The number of hydrogen-bond acceptors (Lipinski definition) is 2. The van der Waals surface area contributed by atoms with Crippen LogP contribution in [0, 0.1) is 11.7 Å². The minimum Gasteiger partial charge on any atom is -0.457 e. The van der Waals surface area contributed by atoms with Crippen LogP contribution in [-0.4, -0.2) is 5.91 Å². The SMILES string of the molecule is O=C(NCc1cccc(Oc2ccc(F)cc2)c1)C1CC1. The van der Waals surface area contributed by atoms with E-state index < -0.39 is 0 Å². The van der Waals surface area contributed by atoms with Gasteiger partial charge in [-0.1, -0.05) is 12.1 Å². The van der Waals surface area contributed by atoms with E-state index in [-0.39, 0.29) is 17.6 Å². The van der Waals surface area contributed by atoms with Gasteiger partial charge in [0, 0.05) is 12.5 Å². The van der Waals surface area contributed by atoms with Gasteiger partial charge in [0.1, 0.15) is 17.3 Å². The zero-order valence-corrected chi connectivity index (χ0v) is 11.5. The molecule has 1 aliphatic rings. The molecule has 0 radical (unpaired) electrons. The third kappa shape index (κ3) is 3.81. The van der Waals surface area contributed by atoms with Crippen molar-refractivity contribution < 1.29 is 13.9 Å². The summed E-state index contributed by atoms with van der Waals surface area (Å²) in [5, 5.41) is 2.92. The Kier molecular flexibility index (Phi) is 3.86. The summed E-state index contributed by atoms with van der Waals surface area (Å²) in [6, 6.07) is 13.4. The van der Waals surface area contributed by atoms with Crippen molar-refractivity contribution in [2.75, 3.05) is 0 Å². The Labute approximate surface area is 122 Å². The average molecular weight is 285 g/mol. The Hall–Kier alpha value is -2.36. The molecule has 2 aromatic rings. The molecule has 1 saturated carbocycles. The van der Waals surface area contributed by atoms with E-state index in [9.17, 15) is 9.18 Å². The van der Waals surface area contributed by atoms with Gasteiger partial charge in [-0.15, -0.1) is 0 Å². The number of amides is 1. The molecule has 0 spiro atoms. The molecular formula is C17H16FNO2. The number of ether oxygens (including phenoxy) is 1. The highest BCUT2D eigenvalue weighted by atomic mass is 19.1. The minimum atomic E-state index is -0.293. The lowest BCUT2D eigenvalue weighted by molar-refractivity contribution is -0.122. The van der Waals surface area contributed by atoms with Crippen molar-refractivity contribution in [2.45, 2.75) is 19.4 Å². The maximum absolute atomic E-state index is 12.8. The molecule has 0 aromatic heterocycles. The number of halogens is 1. The second-order valence-corrected chi connectivity index (χ2v) is 5.20. The monoisotopic (exact) mass is 285 g/mol. The molecule has 108 valence electrons. The van der Waals surface area contributed by atoms with E-state index in [2.05, 4.69) is 5.32 Å². The van der Waals surface area contributed by atoms with Crippen LogP contribution < -0.4 is 10.1 Å². The Morgan fingerprint density at radius 1 is 1.14 bits per heavy atom. The predicted molar refractivity (Wildman–Crippen MR) is 77.5 cm³/mol. The van der Waals surface area contributed by atoms with Crippen LogP contribution in [-0.2, 0) is 11.3 Å². The van der Waals surface area contributed by atoms with E-state index in [0.29, 0.717) is 18.0 Å². The molecule has 0 heterocycles. The molecule has 21 heavy (non-hydrogen) atoms. The molecule has 2 aromatic carbocycles. The first-order valence-electron chi connectivity index (χ1n) is 7.01. The van der Waals surface area contributed by atoms with Crippen LogP contribution in [0.15, 0.2) is 48.5 Å². The van der Waals surface area contributed by atoms with Crippen molar-refractivity contribution in [1.29, 1.82) is 0 Å². The maximum Gasteiger partial charge on any atom is 0.223 e. The average Bonchev–Trinajstić information content (AvgIpc) is 3.32. The molecule has 0 atom stereocenters. The number of nitrogens with one attached hydrogen (secondary N) is 1. The number of carbonyl (C=O) groups excluding carboxylic acids is 1. The molecule has 0 bridgehead atoms. The quantitative estimate of drug-likeness (QED) is 0.910. The first-order valence-corrected chi connectivity index (χ1v) is 7.01. The number of hydrogen-bond donors (Lipinski definition) is 1. The van der Waals surface area contributed by atoms with Crippen LogP contribution >= 0.6 is 0 Å². The van der Waals surface area contributed by atoms with Crippen molar-refractivity contribution >= 4 is 5.91 Å². The molecule has 0 aliphatic heterocycles. The fraction of sp³-hybridized carbons (Fsp3) is 0.235. The van der Waals surface area contributed by atoms with Crippen LogP contribution in [0.5, 0.6) is 11.5 Å². The molecule has 1 amide bonds. The van der Waals surface area contributed by atoms with E-state index >= 15 is 0 Å². The van der Waals surface area contributed by atoms with Crippen molar-refractivity contribution in [3.63, 3.8) is 0 Å². The van der Waals surface area contributed by atoms with E-state index in [4.69, 9.17) is 4.74 Å². The fourth-order valence-corrected chi connectivity index (χ4v) is 2.04. The van der Waals surface area contributed by atoms with Crippen LogP contribution in [0.2, 0.25) is 0 Å². The number of benzene rings is 2. The first-order chi connectivity index (χ1) is 10.2. The van der Waals surface area contributed by atoms with Crippen LogP contribution in [0.4, 0.5) is 4.39 Å². The van der Waals surface area contributed by atoms with Gasteiger partial charge in [0.2, 0.25) is 5.91 Å². The van der Waals surface area contributed by atoms with Gasteiger partial charge in [0.05, 0.1) is 0 Å². The third-order valence-electron chi connectivity index (χ3n) is 3.36. The minimum absolute atomic E-state index is 0.125. The molecular weight excluding hydrogens is 269 g/mol. The van der Waals surface area contributed by atoms with Gasteiger partial charge in [-0.3, -0.25) is 4.79 Å². The smallest absolute Gasteiger partial charge is 0.223 e. The van der Waals surface area contributed by atoms with Gasteiger partial charge >= 0.3 is 0 Å². The zero-order chi connectivity index (χ0) is 14.7. The normalized spacial score (nSPS) is 13.8. The molecule has 0 unspecified atom stereocenters. The van der Waals surface area contributed by atoms with E-state index in [0.717, 1.165) is 18.4 Å². The van der Waals surface area contributed by atoms with Gasteiger partial charge in [-0.2, -0.15) is 0 Å². The second-order valence-electron chi connectivity index (χ2n) is 5.20. The van der Waals surface area contributed by atoms with Gasteiger partial charge in [0.25, 0.3) is 0 Å². The second kappa shape index (κ2) is 5.95. The predicted octanol–water partition coefficient (Wildman–Crippen LogP) is 3.64. The molecule has 3 rings (SSSR count). The molecule has 1 N–H and O–H groups in total. The highest BCUT2D eigenvalue weighted by molar-refractivity contribution is 5.80. The Bertz CT molecular complexity index is 635. The van der Waals surface area contributed by atoms with Gasteiger partial charge < -0.3 is 10.1 Å². The first kappa shape index (κ1) is 13.6. The molecule has 0 saturated heterocycles. The largest absolute Gasteiger partial charge is 0.457 e. The van der Waals surface area contributed by atoms with Crippen LogP contribution in [0.1, 0.15) is 18.4 Å². The van der Waals surface area contributed by atoms with Gasteiger partial charge in [0.15, 0.2) is 0 Å². The lowest BCUT2D eigenvalue weighted by Gasteiger charge is -2.08. The molecule has 4 heteroatoms. The lowest BCUT2D eigenvalue weighted by atomic mass is 10.2. The van der Waals surface area contributed by atoms with Crippen molar-refractivity contribution in [1.82, 2.24) is 5.32 Å². The van der Waals surface area contributed by atoms with E-state index in [1.54, 1.807) is 12.1 Å². The van der Waals surface area contributed by atoms with Crippen molar-refractivity contribution in [2.24, 2.45) is 5.92 Å². The van der Waals surface area contributed by atoms with E-state index in [1.165, 1.54) is 12.1 Å². The molecule has 1 fully saturated rings. The summed E-state index contributed by atoms with van der Waals surface area (Å²) in [5.41, 5.74) is 0.976. The summed E-state index contributed by atoms with van der Waals surface area (Å²) in [5.74, 6) is 1.29. The van der Waals surface area contributed by atoms with Gasteiger partial charge in [-0.25, -0.2) is 4.39 Å². The summed E-state index contributed by atoms with van der Waals surface area (Å²) < 4.78 is 18.5. The third-order valence-corrected chi connectivity index (χ3v) is 3.36. The summed E-state index contributed by atoms with van der Waals surface area (Å²) in [7, 11) is 0. The number of rotatable bonds is 5. The van der Waals surface area contributed by atoms with Crippen molar-refractivity contribution in [3.8, 4) is 11.5 Å². The lowest BCUT2D eigenvalue weighted by Crippen LogP contribution is -2.24. The highest BCUT2D eigenvalue weighted by Gasteiger charge is 2.29. The Balaban J connectivity index is 1.62. The highest BCUT2D eigenvalue weighted by Crippen LogP contribution is 2.29. The zero-order valence-electron chi connectivity index (χ0n) is 11.5.